The van der Waals surface area contributed by atoms with Gasteiger partial charge >= 0.3 is 0 Å². The first kappa shape index (κ1) is 22.9. The fourth-order valence-electron chi connectivity index (χ4n) is 2.59. The largest absolute Gasteiger partial charge is 0.381 e. The van der Waals surface area contributed by atoms with Gasteiger partial charge in [-0.1, -0.05) is 36.4 Å². The average Bonchev–Trinajstić information content (AvgIpc) is 2.76. The van der Waals surface area contributed by atoms with Gasteiger partial charge in [0, 0.05) is 11.1 Å². The maximum atomic E-state index is 13.1. The monoisotopic (exact) mass is 422 g/mol. The van der Waals surface area contributed by atoms with E-state index in [9.17, 15) is 23.5 Å². The predicted octanol–water partition coefficient (Wildman–Crippen LogP) is 1.28. The van der Waals surface area contributed by atoms with Gasteiger partial charge in [-0.05, 0) is 30.2 Å². The SMILES string of the molecule is CC(O)(C(F)F)[C@H](NC(=O)c1ccc(-c2ccc(C(=N)NO)cc2)cc1)C(=O)NO. The van der Waals surface area contributed by atoms with Gasteiger partial charge in [0.1, 0.15) is 11.9 Å². The molecule has 0 aliphatic rings. The molecule has 2 aromatic rings. The molecule has 30 heavy (non-hydrogen) atoms. The number of hydrogen-bond acceptors (Lipinski definition) is 6. The van der Waals surface area contributed by atoms with Crippen LogP contribution in [0.3, 0.4) is 0 Å². The van der Waals surface area contributed by atoms with E-state index in [2.05, 4.69) is 0 Å². The minimum atomic E-state index is -3.37. The summed E-state index contributed by atoms with van der Waals surface area (Å²) in [6.07, 6.45) is -3.37. The van der Waals surface area contributed by atoms with Gasteiger partial charge in [-0.15, -0.1) is 0 Å². The number of carbonyl (C=O) groups excluding carboxylic acids is 2. The van der Waals surface area contributed by atoms with E-state index < -0.39 is 29.9 Å². The van der Waals surface area contributed by atoms with Crippen molar-refractivity contribution >= 4 is 17.6 Å². The molecular formula is C19H20F2N4O5. The second-order valence-electron chi connectivity index (χ2n) is 6.55. The van der Waals surface area contributed by atoms with Gasteiger partial charge in [-0.3, -0.25) is 30.9 Å². The van der Waals surface area contributed by atoms with Gasteiger partial charge in [0.15, 0.2) is 5.60 Å². The summed E-state index contributed by atoms with van der Waals surface area (Å²) in [7, 11) is 0. The van der Waals surface area contributed by atoms with Crippen LogP contribution in [0.1, 0.15) is 22.8 Å². The Hall–Kier alpha value is -3.41. The third kappa shape index (κ3) is 4.95. The topological polar surface area (TPSA) is 155 Å². The van der Waals surface area contributed by atoms with E-state index in [4.69, 9.17) is 15.8 Å². The molecule has 0 saturated carbocycles. The number of amides is 2. The number of hydrogen-bond donors (Lipinski definition) is 7. The number of nitrogens with one attached hydrogen (secondary N) is 4. The van der Waals surface area contributed by atoms with Crippen molar-refractivity contribution in [2.45, 2.75) is 25.0 Å². The zero-order valence-electron chi connectivity index (χ0n) is 15.7. The quantitative estimate of drug-likeness (QED) is 0.154. The van der Waals surface area contributed by atoms with Gasteiger partial charge in [0.25, 0.3) is 18.2 Å². The van der Waals surface area contributed by atoms with Crippen molar-refractivity contribution in [1.82, 2.24) is 16.3 Å². The summed E-state index contributed by atoms with van der Waals surface area (Å²) in [5.41, 5.74) is 1.90. The van der Waals surface area contributed by atoms with Gasteiger partial charge in [0.2, 0.25) is 0 Å². The lowest BCUT2D eigenvalue weighted by Gasteiger charge is -2.30. The highest BCUT2D eigenvalue weighted by Gasteiger charge is 2.46. The molecule has 2 rings (SSSR count). The first-order valence-corrected chi connectivity index (χ1v) is 8.56. The zero-order chi connectivity index (χ0) is 22.5. The lowest BCUT2D eigenvalue weighted by Crippen LogP contribution is -2.61. The number of aliphatic hydroxyl groups is 1. The lowest BCUT2D eigenvalue weighted by molar-refractivity contribution is -0.149. The van der Waals surface area contributed by atoms with Crippen LogP contribution in [0, 0.1) is 5.41 Å². The first-order chi connectivity index (χ1) is 14.1. The summed E-state index contributed by atoms with van der Waals surface area (Å²) < 4.78 is 26.1. The van der Waals surface area contributed by atoms with Crippen molar-refractivity contribution in [3.63, 3.8) is 0 Å². The molecular weight excluding hydrogens is 402 g/mol. The third-order valence-electron chi connectivity index (χ3n) is 4.44. The number of hydroxylamine groups is 2. The predicted molar refractivity (Wildman–Crippen MR) is 101 cm³/mol. The van der Waals surface area contributed by atoms with Crippen molar-refractivity contribution in [3.8, 4) is 11.1 Å². The van der Waals surface area contributed by atoms with Crippen molar-refractivity contribution in [2.24, 2.45) is 0 Å². The normalized spacial score (nSPS) is 13.8. The Morgan fingerprint density at radius 2 is 1.40 bits per heavy atom. The highest BCUT2D eigenvalue weighted by atomic mass is 19.3. The van der Waals surface area contributed by atoms with Crippen molar-refractivity contribution in [2.75, 3.05) is 0 Å². The van der Waals surface area contributed by atoms with Gasteiger partial charge in [-0.2, -0.15) is 0 Å². The van der Waals surface area contributed by atoms with E-state index in [1.807, 2.05) is 5.32 Å². The maximum Gasteiger partial charge on any atom is 0.269 e. The number of rotatable bonds is 7. The Labute approximate surface area is 169 Å². The number of alkyl halides is 2. The van der Waals surface area contributed by atoms with Crippen LogP contribution in [0.5, 0.6) is 0 Å². The molecule has 0 fully saturated rings. The number of benzene rings is 2. The van der Waals surface area contributed by atoms with Crippen molar-refractivity contribution in [3.05, 3.63) is 59.7 Å². The van der Waals surface area contributed by atoms with Crippen molar-refractivity contribution < 1.29 is 33.9 Å². The van der Waals surface area contributed by atoms with Gasteiger partial charge < -0.3 is 10.4 Å². The molecule has 160 valence electrons. The molecule has 0 bridgehead atoms. The Balaban J connectivity index is 2.19. The Morgan fingerprint density at radius 1 is 0.933 bits per heavy atom. The third-order valence-corrected chi connectivity index (χ3v) is 4.44. The van der Waals surface area contributed by atoms with Crippen LogP contribution in [0.15, 0.2) is 48.5 Å². The van der Waals surface area contributed by atoms with E-state index in [1.165, 1.54) is 12.1 Å². The van der Waals surface area contributed by atoms with Crippen LogP contribution < -0.4 is 16.3 Å². The average molecular weight is 422 g/mol. The number of carbonyl (C=O) groups is 2. The summed E-state index contributed by atoms with van der Waals surface area (Å²) >= 11 is 0. The molecule has 11 heteroatoms. The van der Waals surface area contributed by atoms with Crippen LogP contribution in [-0.4, -0.2) is 51.2 Å². The summed E-state index contributed by atoms with van der Waals surface area (Å²) in [6.45, 7) is 0.663. The van der Waals surface area contributed by atoms with E-state index in [1.54, 1.807) is 41.9 Å². The number of amidine groups is 1. The molecule has 0 radical (unpaired) electrons. The van der Waals surface area contributed by atoms with Crippen LogP contribution in [0.2, 0.25) is 0 Å². The Kier molecular flexibility index (Phi) is 7.16. The van der Waals surface area contributed by atoms with Crippen LogP contribution >= 0.6 is 0 Å². The van der Waals surface area contributed by atoms with Crippen LogP contribution in [0.25, 0.3) is 11.1 Å². The second-order valence-corrected chi connectivity index (χ2v) is 6.55. The van der Waals surface area contributed by atoms with E-state index in [0.29, 0.717) is 18.1 Å². The van der Waals surface area contributed by atoms with E-state index in [-0.39, 0.29) is 11.4 Å². The molecule has 0 saturated heterocycles. The van der Waals surface area contributed by atoms with Gasteiger partial charge in [0.05, 0.1) is 0 Å². The smallest absolute Gasteiger partial charge is 0.269 e. The maximum absolute atomic E-state index is 13.1. The molecule has 7 N–H and O–H groups in total. The zero-order valence-corrected chi connectivity index (χ0v) is 15.7. The highest BCUT2D eigenvalue weighted by molar-refractivity contribution is 5.98. The highest BCUT2D eigenvalue weighted by Crippen LogP contribution is 2.22. The molecule has 0 heterocycles. The number of halogens is 2. The summed E-state index contributed by atoms with van der Waals surface area (Å²) in [5, 5.41) is 36.8. The molecule has 2 aromatic carbocycles. The Bertz CT molecular complexity index is 918. The fourth-order valence-corrected chi connectivity index (χ4v) is 2.59. The fraction of sp³-hybridized carbons (Fsp3) is 0.211. The molecule has 0 aromatic heterocycles. The summed E-state index contributed by atoms with van der Waals surface area (Å²) in [5.74, 6) is -2.48. The van der Waals surface area contributed by atoms with Crippen LogP contribution in [0.4, 0.5) is 8.78 Å². The molecule has 0 aliphatic heterocycles. The molecule has 9 nitrogen and oxygen atoms in total. The van der Waals surface area contributed by atoms with E-state index >= 15 is 0 Å². The molecule has 1 unspecified atom stereocenters. The standard InChI is InChI=1S/C19H20F2N4O5/c1-19(28,18(20)21)14(17(27)25-30)23-16(26)13-8-4-11(5-9-13)10-2-6-12(7-3-10)15(22)24-29/h2-9,14,18,28-30H,1H3,(H2,22,24)(H,23,26)(H,25,27)/t14-,19?/m1/s1. The minimum absolute atomic E-state index is 0.0300. The molecule has 2 atom stereocenters. The van der Waals surface area contributed by atoms with Gasteiger partial charge in [-0.25, -0.2) is 14.3 Å². The lowest BCUT2D eigenvalue weighted by atomic mass is 9.95. The summed E-state index contributed by atoms with van der Waals surface area (Å²) in [4.78, 5) is 24.0. The first-order valence-electron chi connectivity index (χ1n) is 8.56. The minimum Gasteiger partial charge on any atom is -0.381 e. The molecule has 2 amide bonds. The van der Waals surface area contributed by atoms with Crippen molar-refractivity contribution in [1.29, 1.82) is 5.41 Å². The Morgan fingerprint density at radius 3 is 1.80 bits per heavy atom. The summed E-state index contributed by atoms with van der Waals surface area (Å²) in [6, 6.07) is 10.4. The van der Waals surface area contributed by atoms with Crippen LogP contribution in [-0.2, 0) is 4.79 Å². The molecule has 0 aliphatic carbocycles. The second kappa shape index (κ2) is 9.39. The molecule has 0 spiro atoms. The van der Waals surface area contributed by atoms with E-state index in [0.717, 1.165) is 11.0 Å².